The molecule has 0 saturated carbocycles. The normalized spacial score (nSPS) is 18.8. The van der Waals surface area contributed by atoms with Crippen molar-refractivity contribution in [1.82, 2.24) is 0 Å². The number of amides is 1. The number of hydrogen-bond acceptors (Lipinski definition) is 3. The molecule has 1 aliphatic heterocycles. The van der Waals surface area contributed by atoms with Gasteiger partial charge in [0.05, 0.1) is 21.7 Å². The molecule has 0 saturated heterocycles. The van der Waals surface area contributed by atoms with Crippen LogP contribution in [0.4, 0.5) is 5.69 Å². The summed E-state index contributed by atoms with van der Waals surface area (Å²) in [6.45, 7) is 3.28. The van der Waals surface area contributed by atoms with Crippen LogP contribution in [-0.2, 0) is 9.59 Å². The second kappa shape index (κ2) is 8.43. The Hall–Kier alpha value is -1.23. The molecule has 1 aromatic carbocycles. The predicted octanol–water partition coefficient (Wildman–Crippen LogP) is 5.30. The molecule has 4 nitrogen and oxygen atoms in total. The zero-order valence-corrected chi connectivity index (χ0v) is 16.3. The summed E-state index contributed by atoms with van der Waals surface area (Å²) < 4.78 is 0. The Morgan fingerprint density at radius 2 is 1.96 bits per heavy atom. The molecular weight excluding hydrogens is 385 g/mol. The molecule has 136 valence electrons. The molecule has 0 aromatic heterocycles. The highest BCUT2D eigenvalue weighted by atomic mass is 35.5. The van der Waals surface area contributed by atoms with Gasteiger partial charge < -0.3 is 5.11 Å². The van der Waals surface area contributed by atoms with Crippen LogP contribution in [0.15, 0.2) is 29.5 Å². The maximum absolute atomic E-state index is 12.5. The summed E-state index contributed by atoms with van der Waals surface area (Å²) in [6.07, 6.45) is 3.04. The minimum Gasteiger partial charge on any atom is -0.503 e. The molecule has 0 aliphatic carbocycles. The van der Waals surface area contributed by atoms with E-state index in [1.54, 1.807) is 18.2 Å². The molecule has 2 atom stereocenters. The Labute approximate surface area is 162 Å². The number of aliphatic hydroxyl groups is 1. The van der Waals surface area contributed by atoms with Crippen LogP contribution in [0.5, 0.6) is 0 Å². The zero-order chi connectivity index (χ0) is 18.7. The van der Waals surface area contributed by atoms with E-state index in [1.807, 2.05) is 6.92 Å². The summed E-state index contributed by atoms with van der Waals surface area (Å²) in [4.78, 5) is 25.9. The smallest absolute Gasteiger partial charge is 0.294 e. The third kappa shape index (κ3) is 4.49. The largest absolute Gasteiger partial charge is 0.503 e. The number of nitrogens with zero attached hydrogens (tertiary/aromatic N) is 1. The fourth-order valence-corrected chi connectivity index (χ4v) is 3.47. The molecule has 1 aliphatic rings. The van der Waals surface area contributed by atoms with Gasteiger partial charge in [-0.2, -0.15) is 0 Å². The van der Waals surface area contributed by atoms with Crippen LogP contribution < -0.4 is 4.90 Å². The van der Waals surface area contributed by atoms with Crippen molar-refractivity contribution in [2.45, 2.75) is 50.9 Å². The van der Waals surface area contributed by atoms with E-state index in [0.717, 1.165) is 19.3 Å². The lowest BCUT2D eigenvalue weighted by Crippen LogP contribution is -2.36. The Balaban J connectivity index is 2.30. The van der Waals surface area contributed by atoms with Gasteiger partial charge in [0, 0.05) is 11.1 Å². The van der Waals surface area contributed by atoms with Crippen LogP contribution in [0.3, 0.4) is 0 Å². The van der Waals surface area contributed by atoms with Gasteiger partial charge >= 0.3 is 0 Å². The summed E-state index contributed by atoms with van der Waals surface area (Å²) in [5.74, 6) is -1.40. The average Bonchev–Trinajstić information content (AvgIpc) is 2.78. The molecule has 0 bridgehead atoms. The topological polar surface area (TPSA) is 57.6 Å². The van der Waals surface area contributed by atoms with Gasteiger partial charge in [-0.25, -0.2) is 0 Å². The molecule has 0 radical (unpaired) electrons. The lowest BCUT2D eigenvalue weighted by Gasteiger charge is -2.26. The summed E-state index contributed by atoms with van der Waals surface area (Å²) in [5.41, 5.74) is 0.646. The van der Waals surface area contributed by atoms with E-state index >= 15 is 0 Å². The van der Waals surface area contributed by atoms with Gasteiger partial charge in [0.2, 0.25) is 0 Å². The Bertz CT molecular complexity index is 716. The van der Waals surface area contributed by atoms with E-state index in [9.17, 15) is 14.7 Å². The number of halogens is 3. The summed E-state index contributed by atoms with van der Waals surface area (Å²) in [6, 6.07) is 4.27. The number of benzene rings is 1. The fourth-order valence-electron chi connectivity index (χ4n) is 3.03. The Morgan fingerprint density at radius 3 is 2.52 bits per heavy atom. The summed E-state index contributed by atoms with van der Waals surface area (Å²) in [5, 5.41) is 10.9. The van der Waals surface area contributed by atoms with Gasteiger partial charge in [0.15, 0.2) is 11.5 Å². The molecule has 1 aromatic rings. The van der Waals surface area contributed by atoms with Gasteiger partial charge in [0.25, 0.3) is 5.91 Å². The number of Topliss-reactive ketones (excluding diaryl/α,β-unsaturated/α-hetero) is 1. The van der Waals surface area contributed by atoms with Crippen LogP contribution in [0.2, 0.25) is 10.0 Å². The van der Waals surface area contributed by atoms with Gasteiger partial charge in [-0.05, 0) is 44.9 Å². The number of rotatable bonds is 7. The summed E-state index contributed by atoms with van der Waals surface area (Å²) in [7, 11) is 0. The number of ketones is 1. The molecule has 25 heavy (non-hydrogen) atoms. The van der Waals surface area contributed by atoms with Crippen molar-refractivity contribution in [2.75, 3.05) is 4.90 Å². The second-order valence-electron chi connectivity index (χ2n) is 6.17. The van der Waals surface area contributed by atoms with E-state index < -0.39 is 17.7 Å². The number of unbranched alkanes of at least 4 members (excludes halogenated alkanes) is 1. The van der Waals surface area contributed by atoms with Crippen LogP contribution in [0, 0.1) is 0 Å². The lowest BCUT2D eigenvalue weighted by molar-refractivity contribution is -0.117. The zero-order valence-electron chi connectivity index (χ0n) is 14.1. The van der Waals surface area contributed by atoms with Crippen LogP contribution in [0.1, 0.15) is 39.5 Å². The molecule has 0 spiro atoms. The first-order chi connectivity index (χ1) is 11.7. The number of alkyl halides is 1. The molecule has 2 unspecified atom stereocenters. The highest BCUT2D eigenvalue weighted by molar-refractivity contribution is 6.42. The fraction of sp³-hybridized carbons (Fsp3) is 0.444. The first-order valence-electron chi connectivity index (χ1n) is 8.10. The van der Waals surface area contributed by atoms with Crippen LogP contribution in [0.25, 0.3) is 0 Å². The van der Waals surface area contributed by atoms with Crippen molar-refractivity contribution in [3.05, 3.63) is 39.6 Å². The van der Waals surface area contributed by atoms with E-state index in [1.165, 1.54) is 11.8 Å². The third-order valence-electron chi connectivity index (χ3n) is 4.21. The highest BCUT2D eigenvalue weighted by Crippen LogP contribution is 2.36. The van der Waals surface area contributed by atoms with Crippen LogP contribution in [-0.4, -0.2) is 28.2 Å². The molecular formula is C18H20Cl3NO3. The Morgan fingerprint density at radius 1 is 1.28 bits per heavy atom. The van der Waals surface area contributed by atoms with Crippen molar-refractivity contribution < 1.29 is 14.7 Å². The molecule has 2 rings (SSSR count). The third-order valence-corrected chi connectivity index (χ3v) is 5.17. The number of hydrogen-bond donors (Lipinski definition) is 1. The quantitative estimate of drug-likeness (QED) is 0.496. The SMILES string of the molecule is CC(=O)C1=C(O)C(=O)N(c2ccc(Cl)c(Cl)c2)C1CCCCC(C)Cl. The van der Waals surface area contributed by atoms with Gasteiger partial charge in [0.1, 0.15) is 0 Å². The molecule has 1 amide bonds. The molecule has 7 heteroatoms. The number of carbonyl (C=O) groups is 2. The average molecular weight is 405 g/mol. The molecule has 1 N–H and O–H groups in total. The minimum absolute atomic E-state index is 0.0765. The predicted molar refractivity (Wildman–Crippen MR) is 102 cm³/mol. The minimum atomic E-state index is -0.598. The van der Waals surface area contributed by atoms with E-state index in [-0.39, 0.29) is 16.7 Å². The maximum Gasteiger partial charge on any atom is 0.294 e. The van der Waals surface area contributed by atoms with E-state index in [2.05, 4.69) is 0 Å². The standard InChI is InChI=1S/C18H20Cl3NO3/c1-10(19)5-3-4-6-15-16(11(2)23)17(24)18(25)22(15)12-7-8-13(20)14(21)9-12/h7-10,15,24H,3-6H2,1-2H3. The second-order valence-corrected chi connectivity index (χ2v) is 7.73. The monoisotopic (exact) mass is 403 g/mol. The van der Waals surface area contributed by atoms with Crippen molar-refractivity contribution in [3.63, 3.8) is 0 Å². The highest BCUT2D eigenvalue weighted by Gasteiger charge is 2.41. The first-order valence-corrected chi connectivity index (χ1v) is 9.30. The number of carbonyl (C=O) groups excluding carboxylic acids is 2. The Kier molecular flexibility index (Phi) is 6.78. The van der Waals surface area contributed by atoms with Gasteiger partial charge in [-0.1, -0.05) is 36.0 Å². The lowest BCUT2D eigenvalue weighted by atomic mass is 9.98. The summed E-state index contributed by atoms with van der Waals surface area (Å²) >= 11 is 18.0. The van der Waals surface area contributed by atoms with Gasteiger partial charge in [-0.3, -0.25) is 14.5 Å². The number of aliphatic hydroxyl groups excluding tert-OH is 1. The van der Waals surface area contributed by atoms with Crippen molar-refractivity contribution >= 4 is 52.2 Å². The first kappa shape index (κ1) is 20.1. The van der Waals surface area contributed by atoms with E-state index in [0.29, 0.717) is 22.2 Å². The van der Waals surface area contributed by atoms with Crippen molar-refractivity contribution in [2.24, 2.45) is 0 Å². The molecule has 0 fully saturated rings. The van der Waals surface area contributed by atoms with Gasteiger partial charge in [-0.15, -0.1) is 11.6 Å². The molecule has 1 heterocycles. The van der Waals surface area contributed by atoms with Crippen LogP contribution >= 0.6 is 34.8 Å². The van der Waals surface area contributed by atoms with Crippen molar-refractivity contribution in [3.8, 4) is 0 Å². The number of anilines is 1. The van der Waals surface area contributed by atoms with Crippen molar-refractivity contribution in [1.29, 1.82) is 0 Å². The van der Waals surface area contributed by atoms with E-state index in [4.69, 9.17) is 34.8 Å². The maximum atomic E-state index is 12.5.